The molecule has 1 aliphatic heterocycles. The lowest BCUT2D eigenvalue weighted by atomic mass is 10.0. The fraction of sp³-hybridized carbons (Fsp3) is 0.333. The Labute approximate surface area is 85.4 Å². The first-order chi connectivity index (χ1) is 4.97. The Balaban J connectivity index is 0.000000605. The lowest BCUT2D eigenvalue weighted by molar-refractivity contribution is 0.644. The van der Waals surface area contributed by atoms with Crippen molar-refractivity contribution in [2.75, 3.05) is 6.54 Å². The van der Waals surface area contributed by atoms with Gasteiger partial charge in [0.1, 0.15) is 0 Å². The summed E-state index contributed by atoms with van der Waals surface area (Å²) in [7, 11) is 0. The third-order valence-electron chi connectivity index (χ3n) is 2.00. The molecule has 12 heavy (non-hydrogen) atoms. The van der Waals surface area contributed by atoms with Gasteiger partial charge in [0.25, 0.3) is 0 Å². The van der Waals surface area contributed by atoms with Gasteiger partial charge < -0.3 is 5.32 Å². The summed E-state index contributed by atoms with van der Waals surface area (Å²) in [5.74, 6) is 0. The van der Waals surface area contributed by atoms with Crippen molar-refractivity contribution in [2.45, 2.75) is 13.0 Å². The maximum absolute atomic E-state index is 3.34. The zero-order valence-electron chi connectivity index (χ0n) is 6.75. The topological polar surface area (TPSA) is 12.0 Å². The van der Waals surface area contributed by atoms with Crippen LogP contribution in [0.15, 0.2) is 24.3 Å². The molecule has 0 fully saturated rings. The Morgan fingerprint density at radius 3 is 2.33 bits per heavy atom. The van der Waals surface area contributed by atoms with Crippen molar-refractivity contribution in [3.8, 4) is 0 Å². The van der Waals surface area contributed by atoms with Gasteiger partial charge in [0, 0.05) is 6.54 Å². The Kier molecular flexibility index (Phi) is 5.31. The molecule has 1 heterocycles. The van der Waals surface area contributed by atoms with Gasteiger partial charge in [0.05, 0.1) is 0 Å². The molecule has 0 amide bonds. The van der Waals surface area contributed by atoms with Crippen LogP contribution in [0.3, 0.4) is 0 Å². The van der Waals surface area contributed by atoms with Crippen LogP contribution >= 0.6 is 24.8 Å². The normalized spacial score (nSPS) is 13.7. The van der Waals surface area contributed by atoms with Gasteiger partial charge in [-0.15, -0.1) is 24.8 Å². The second-order valence-corrected chi connectivity index (χ2v) is 2.70. The van der Waals surface area contributed by atoms with E-state index < -0.39 is 0 Å². The van der Waals surface area contributed by atoms with Crippen molar-refractivity contribution in [2.24, 2.45) is 0 Å². The Morgan fingerprint density at radius 1 is 1.00 bits per heavy atom. The summed E-state index contributed by atoms with van der Waals surface area (Å²) in [6, 6.07) is 8.63. The van der Waals surface area contributed by atoms with Crippen LogP contribution in [0.5, 0.6) is 0 Å². The van der Waals surface area contributed by atoms with Crippen molar-refractivity contribution in [1.82, 2.24) is 5.32 Å². The summed E-state index contributed by atoms with van der Waals surface area (Å²) in [5.41, 5.74) is 2.98. The summed E-state index contributed by atoms with van der Waals surface area (Å²) in [5, 5.41) is 3.34. The highest BCUT2D eigenvalue weighted by molar-refractivity contribution is 5.85. The predicted molar refractivity (Wildman–Crippen MR) is 56.3 cm³/mol. The van der Waals surface area contributed by atoms with E-state index in [2.05, 4.69) is 29.6 Å². The van der Waals surface area contributed by atoms with Crippen LogP contribution < -0.4 is 5.32 Å². The van der Waals surface area contributed by atoms with E-state index in [4.69, 9.17) is 0 Å². The Bertz CT molecular complexity index is 213. The third kappa shape index (κ3) is 2.37. The quantitative estimate of drug-likeness (QED) is 0.685. The monoisotopic (exact) mass is 205 g/mol. The van der Waals surface area contributed by atoms with Crippen LogP contribution in [0.25, 0.3) is 0 Å². The molecule has 1 aromatic rings. The van der Waals surface area contributed by atoms with Gasteiger partial charge in [-0.05, 0) is 24.1 Å². The Hall–Kier alpha value is -0.240. The van der Waals surface area contributed by atoms with Gasteiger partial charge in [0.2, 0.25) is 0 Å². The minimum Gasteiger partial charge on any atom is -0.312 e. The molecule has 2 rings (SSSR count). The molecule has 1 N–H and O–H groups in total. The van der Waals surface area contributed by atoms with Gasteiger partial charge >= 0.3 is 0 Å². The molecule has 1 aliphatic rings. The molecule has 0 radical (unpaired) electrons. The molecule has 68 valence electrons. The smallest absolute Gasteiger partial charge is 0.0208 e. The summed E-state index contributed by atoms with van der Waals surface area (Å²) >= 11 is 0. The first-order valence-corrected chi connectivity index (χ1v) is 3.74. The van der Waals surface area contributed by atoms with Crippen LogP contribution in [0.2, 0.25) is 0 Å². The molecule has 3 heteroatoms. The first-order valence-electron chi connectivity index (χ1n) is 3.74. The van der Waals surface area contributed by atoms with E-state index in [1.54, 1.807) is 0 Å². The van der Waals surface area contributed by atoms with Gasteiger partial charge in [-0.1, -0.05) is 24.3 Å². The van der Waals surface area contributed by atoms with E-state index in [0.29, 0.717) is 0 Å². The van der Waals surface area contributed by atoms with E-state index in [1.165, 1.54) is 17.5 Å². The minimum atomic E-state index is 0. The van der Waals surface area contributed by atoms with Crippen LogP contribution in [-0.2, 0) is 13.0 Å². The lowest BCUT2D eigenvalue weighted by Crippen LogP contribution is -2.23. The molecule has 0 unspecified atom stereocenters. The van der Waals surface area contributed by atoms with Crippen molar-refractivity contribution in [3.63, 3.8) is 0 Å². The fourth-order valence-corrected chi connectivity index (χ4v) is 1.42. The molecule has 0 saturated carbocycles. The van der Waals surface area contributed by atoms with E-state index in [0.717, 1.165) is 13.1 Å². The van der Waals surface area contributed by atoms with Gasteiger partial charge in [0.15, 0.2) is 0 Å². The summed E-state index contributed by atoms with van der Waals surface area (Å²) in [4.78, 5) is 0. The molecule has 0 atom stereocenters. The highest BCUT2D eigenvalue weighted by Gasteiger charge is 2.05. The number of nitrogens with one attached hydrogen (secondary N) is 1. The first kappa shape index (κ1) is 11.8. The largest absolute Gasteiger partial charge is 0.312 e. The van der Waals surface area contributed by atoms with Crippen LogP contribution in [-0.4, -0.2) is 6.54 Å². The second-order valence-electron chi connectivity index (χ2n) is 2.70. The van der Waals surface area contributed by atoms with Crippen molar-refractivity contribution < 1.29 is 0 Å². The summed E-state index contributed by atoms with van der Waals surface area (Å²) < 4.78 is 0. The number of hydrogen-bond acceptors (Lipinski definition) is 1. The molecule has 0 aliphatic carbocycles. The predicted octanol–water partition coefficient (Wildman–Crippen LogP) is 2.18. The number of rotatable bonds is 0. The maximum Gasteiger partial charge on any atom is 0.0208 e. The van der Waals surface area contributed by atoms with Gasteiger partial charge in [-0.2, -0.15) is 0 Å². The van der Waals surface area contributed by atoms with Crippen molar-refractivity contribution in [3.05, 3.63) is 35.4 Å². The molecule has 0 bridgehead atoms. The SMILES string of the molecule is Cl.Cl.c1ccc2c(c1)CCNC2. The number of hydrogen-bond donors (Lipinski definition) is 1. The number of halogens is 2. The molecule has 0 saturated heterocycles. The highest BCUT2D eigenvalue weighted by Crippen LogP contribution is 2.11. The van der Waals surface area contributed by atoms with Gasteiger partial charge in [-0.3, -0.25) is 0 Å². The number of fused-ring (bicyclic) bond motifs is 1. The maximum atomic E-state index is 3.34. The van der Waals surface area contributed by atoms with Crippen LogP contribution in [0.4, 0.5) is 0 Å². The Morgan fingerprint density at radius 2 is 1.67 bits per heavy atom. The van der Waals surface area contributed by atoms with Crippen molar-refractivity contribution in [1.29, 1.82) is 0 Å². The summed E-state index contributed by atoms with van der Waals surface area (Å²) in [6.45, 7) is 2.19. The van der Waals surface area contributed by atoms with Gasteiger partial charge in [-0.25, -0.2) is 0 Å². The molecule has 1 nitrogen and oxygen atoms in total. The third-order valence-corrected chi connectivity index (χ3v) is 2.00. The minimum absolute atomic E-state index is 0. The van der Waals surface area contributed by atoms with Crippen LogP contribution in [0.1, 0.15) is 11.1 Å². The van der Waals surface area contributed by atoms with E-state index in [-0.39, 0.29) is 24.8 Å². The van der Waals surface area contributed by atoms with E-state index in [1.807, 2.05) is 0 Å². The second kappa shape index (κ2) is 5.41. The van der Waals surface area contributed by atoms with Crippen LogP contribution in [0, 0.1) is 0 Å². The average molecular weight is 206 g/mol. The fourth-order valence-electron chi connectivity index (χ4n) is 1.42. The molecule has 0 spiro atoms. The van der Waals surface area contributed by atoms with Crippen molar-refractivity contribution >= 4 is 24.8 Å². The van der Waals surface area contributed by atoms with E-state index >= 15 is 0 Å². The average Bonchev–Trinajstić information content (AvgIpc) is 2.05. The molecular formula is C9H13Cl2N. The molecular weight excluding hydrogens is 193 g/mol. The number of benzene rings is 1. The zero-order valence-corrected chi connectivity index (χ0v) is 8.38. The summed E-state index contributed by atoms with van der Waals surface area (Å²) in [6.07, 6.45) is 1.19. The molecule has 0 aromatic heterocycles. The molecule has 1 aromatic carbocycles. The standard InChI is InChI=1S/C9H11N.2ClH/c1-2-4-9-7-10-6-5-8(9)3-1;;/h1-4,10H,5-7H2;2*1H. The van der Waals surface area contributed by atoms with E-state index in [9.17, 15) is 0 Å². The zero-order chi connectivity index (χ0) is 6.81. The lowest BCUT2D eigenvalue weighted by Gasteiger charge is -2.15. The highest BCUT2D eigenvalue weighted by atomic mass is 35.5.